The van der Waals surface area contributed by atoms with E-state index in [1.54, 1.807) is 43.3 Å². The highest BCUT2D eigenvalue weighted by atomic mass is 16.6. The zero-order chi connectivity index (χ0) is 25.7. The molecule has 3 aromatic rings. The lowest BCUT2D eigenvalue weighted by Crippen LogP contribution is -2.67. The van der Waals surface area contributed by atoms with Crippen molar-refractivity contribution in [2.45, 2.75) is 38.1 Å². The number of ether oxygens (including phenoxy) is 3. The number of rotatable bonds is 8. The maximum absolute atomic E-state index is 13.6. The maximum atomic E-state index is 13.6. The van der Waals surface area contributed by atoms with E-state index in [1.807, 2.05) is 43.3 Å². The molecule has 7 heteroatoms. The molecule has 0 saturated carbocycles. The first-order chi connectivity index (χ1) is 17.4. The molecule has 0 spiro atoms. The fourth-order valence-electron chi connectivity index (χ4n) is 4.51. The van der Waals surface area contributed by atoms with E-state index in [0.717, 1.165) is 11.1 Å². The highest BCUT2D eigenvalue weighted by Crippen LogP contribution is 2.44. The van der Waals surface area contributed by atoms with Gasteiger partial charge in [0.2, 0.25) is 5.54 Å². The summed E-state index contributed by atoms with van der Waals surface area (Å²) in [5, 5.41) is 2.73. The molecule has 3 aromatic carbocycles. The monoisotopic (exact) mass is 487 g/mol. The predicted molar refractivity (Wildman–Crippen MR) is 134 cm³/mol. The smallest absolute Gasteiger partial charge is 0.349 e. The number of carbonyl (C=O) groups is 3. The quantitative estimate of drug-likeness (QED) is 0.288. The van der Waals surface area contributed by atoms with Gasteiger partial charge in [-0.1, -0.05) is 48.0 Å². The number of benzene rings is 3. The number of amides is 1. The fourth-order valence-corrected chi connectivity index (χ4v) is 4.51. The minimum absolute atomic E-state index is 0.0403. The number of nitrogens with one attached hydrogen (secondary N) is 1. The Kier molecular flexibility index (Phi) is 7.38. The molecule has 0 unspecified atom stereocenters. The first-order valence-electron chi connectivity index (χ1n) is 11.9. The van der Waals surface area contributed by atoms with Crippen molar-refractivity contribution < 1.29 is 28.6 Å². The highest BCUT2D eigenvalue weighted by Gasteiger charge is 2.59. The molecule has 1 heterocycles. The van der Waals surface area contributed by atoms with Crippen molar-refractivity contribution >= 4 is 17.8 Å². The third-order valence-corrected chi connectivity index (χ3v) is 6.44. The van der Waals surface area contributed by atoms with Crippen LogP contribution in [0.3, 0.4) is 0 Å². The molecule has 186 valence electrons. The van der Waals surface area contributed by atoms with E-state index >= 15 is 0 Å². The molecule has 1 amide bonds. The summed E-state index contributed by atoms with van der Waals surface area (Å²) in [6.45, 7) is 3.70. The van der Waals surface area contributed by atoms with Crippen LogP contribution in [0.2, 0.25) is 0 Å². The van der Waals surface area contributed by atoms with Crippen molar-refractivity contribution in [3.8, 4) is 11.5 Å². The van der Waals surface area contributed by atoms with Gasteiger partial charge in [0.25, 0.3) is 5.91 Å². The molecule has 1 aliphatic rings. The Hall–Kier alpha value is -4.13. The van der Waals surface area contributed by atoms with E-state index < -0.39 is 29.3 Å². The molecule has 1 aliphatic heterocycles. The van der Waals surface area contributed by atoms with Gasteiger partial charge in [0, 0.05) is 17.0 Å². The maximum Gasteiger partial charge on any atom is 0.349 e. The molecule has 0 bridgehead atoms. The van der Waals surface area contributed by atoms with Crippen LogP contribution in [0, 0.1) is 6.92 Å². The molecule has 7 nitrogen and oxygen atoms in total. The van der Waals surface area contributed by atoms with Gasteiger partial charge >= 0.3 is 11.9 Å². The number of para-hydroxylation sites is 1. The van der Waals surface area contributed by atoms with Gasteiger partial charge in [0.1, 0.15) is 11.5 Å². The van der Waals surface area contributed by atoms with E-state index in [-0.39, 0.29) is 12.2 Å². The second-order valence-electron chi connectivity index (χ2n) is 8.72. The van der Waals surface area contributed by atoms with E-state index in [9.17, 15) is 14.4 Å². The second kappa shape index (κ2) is 10.6. The molecule has 0 fully saturated rings. The molecule has 0 aromatic heterocycles. The molecule has 0 saturated heterocycles. The van der Waals surface area contributed by atoms with Crippen LogP contribution in [0.5, 0.6) is 11.5 Å². The summed E-state index contributed by atoms with van der Waals surface area (Å²) in [7, 11) is 1.53. The van der Waals surface area contributed by atoms with Gasteiger partial charge in [-0.15, -0.1) is 0 Å². The van der Waals surface area contributed by atoms with Crippen LogP contribution < -0.4 is 14.8 Å². The van der Waals surface area contributed by atoms with Crippen molar-refractivity contribution in [2.24, 2.45) is 0 Å². The molecule has 1 N–H and O–H groups in total. The van der Waals surface area contributed by atoms with Crippen LogP contribution in [-0.4, -0.2) is 37.1 Å². The van der Waals surface area contributed by atoms with Crippen molar-refractivity contribution in [1.82, 2.24) is 5.32 Å². The Balaban J connectivity index is 1.77. The SMILES string of the molecule is CCOC(=O)[C@@]1(NC(=O)c2ccc(OC)cc2)C(=O)Oc2ccccc2[C@H]1CCc1ccc(C)cc1. The number of hydrogen-bond donors (Lipinski definition) is 1. The second-order valence-corrected chi connectivity index (χ2v) is 8.72. The van der Waals surface area contributed by atoms with Gasteiger partial charge in [0.15, 0.2) is 0 Å². The van der Waals surface area contributed by atoms with Crippen LogP contribution in [0.4, 0.5) is 0 Å². The van der Waals surface area contributed by atoms with E-state index in [2.05, 4.69) is 5.32 Å². The number of esters is 2. The zero-order valence-corrected chi connectivity index (χ0v) is 20.6. The number of hydrogen-bond acceptors (Lipinski definition) is 6. The average Bonchev–Trinajstić information content (AvgIpc) is 2.89. The van der Waals surface area contributed by atoms with Crippen LogP contribution in [0.15, 0.2) is 72.8 Å². The van der Waals surface area contributed by atoms with Crippen molar-refractivity contribution in [3.63, 3.8) is 0 Å². The summed E-state index contributed by atoms with van der Waals surface area (Å²) in [6, 6.07) is 21.5. The molecule has 36 heavy (non-hydrogen) atoms. The zero-order valence-electron chi connectivity index (χ0n) is 20.6. The van der Waals surface area contributed by atoms with Crippen LogP contribution in [0.1, 0.15) is 46.3 Å². The summed E-state index contributed by atoms with van der Waals surface area (Å²) in [4.78, 5) is 40.5. The van der Waals surface area contributed by atoms with Gasteiger partial charge in [-0.3, -0.25) is 4.79 Å². The lowest BCUT2D eigenvalue weighted by atomic mass is 9.73. The molecular formula is C29H29NO6. The van der Waals surface area contributed by atoms with Gasteiger partial charge in [0.05, 0.1) is 13.7 Å². The first-order valence-corrected chi connectivity index (χ1v) is 11.9. The third kappa shape index (κ3) is 4.82. The van der Waals surface area contributed by atoms with Crippen molar-refractivity contribution in [3.05, 3.63) is 95.1 Å². The van der Waals surface area contributed by atoms with Crippen LogP contribution in [-0.2, 0) is 20.7 Å². The Morgan fingerprint density at radius 3 is 2.36 bits per heavy atom. The van der Waals surface area contributed by atoms with E-state index in [4.69, 9.17) is 14.2 Å². The van der Waals surface area contributed by atoms with Crippen LogP contribution in [0.25, 0.3) is 0 Å². The minimum atomic E-state index is -2.05. The van der Waals surface area contributed by atoms with E-state index in [0.29, 0.717) is 29.9 Å². The highest BCUT2D eigenvalue weighted by molar-refractivity contribution is 6.12. The third-order valence-electron chi connectivity index (χ3n) is 6.44. The summed E-state index contributed by atoms with van der Waals surface area (Å²) >= 11 is 0. The normalized spacial score (nSPS) is 18.5. The van der Waals surface area contributed by atoms with Gasteiger partial charge < -0.3 is 19.5 Å². The van der Waals surface area contributed by atoms with E-state index in [1.165, 1.54) is 7.11 Å². The Bertz CT molecular complexity index is 1250. The largest absolute Gasteiger partial charge is 0.497 e. The summed E-state index contributed by atoms with van der Waals surface area (Å²) < 4.78 is 16.1. The molecule has 4 rings (SSSR count). The molecule has 0 aliphatic carbocycles. The van der Waals surface area contributed by atoms with Gasteiger partial charge in [-0.25, -0.2) is 9.59 Å². The molecule has 0 radical (unpaired) electrons. The first kappa shape index (κ1) is 25.0. The van der Waals surface area contributed by atoms with Crippen molar-refractivity contribution in [1.29, 1.82) is 0 Å². The van der Waals surface area contributed by atoms with Crippen LogP contribution >= 0.6 is 0 Å². The van der Waals surface area contributed by atoms with Gasteiger partial charge in [-0.2, -0.15) is 0 Å². The molecular weight excluding hydrogens is 458 g/mol. The fraction of sp³-hybridized carbons (Fsp3) is 0.276. The minimum Gasteiger partial charge on any atom is -0.497 e. The Morgan fingerprint density at radius 1 is 1.00 bits per heavy atom. The lowest BCUT2D eigenvalue weighted by molar-refractivity contribution is -0.164. The standard InChI is InChI=1S/C29H29NO6/c1-4-35-27(32)29(30-26(31)21-14-16-22(34-3)17-15-21)24(18-13-20-11-9-19(2)10-12-20)23-7-5-6-8-25(23)36-28(29)33/h5-12,14-17,24H,4,13,18H2,1-3H3,(H,30,31)/t24-,29-/m1/s1. The number of fused-ring (bicyclic) bond motifs is 1. The summed E-state index contributed by atoms with van der Waals surface area (Å²) in [5.41, 5.74) is 1.07. The summed E-state index contributed by atoms with van der Waals surface area (Å²) in [6.07, 6.45) is 0.975. The van der Waals surface area contributed by atoms with Crippen molar-refractivity contribution in [2.75, 3.05) is 13.7 Å². The Morgan fingerprint density at radius 2 is 1.69 bits per heavy atom. The predicted octanol–water partition coefficient (Wildman–Crippen LogP) is 4.37. The number of carbonyl (C=O) groups excluding carboxylic acids is 3. The Labute approximate surface area is 210 Å². The average molecular weight is 488 g/mol. The molecule has 2 atom stereocenters. The summed E-state index contributed by atoms with van der Waals surface area (Å²) in [5.74, 6) is -2.07. The number of aryl methyl sites for hydroxylation is 2. The number of methoxy groups -OCH3 is 1. The van der Waals surface area contributed by atoms with Gasteiger partial charge in [-0.05, 0) is 62.6 Å². The lowest BCUT2D eigenvalue weighted by Gasteiger charge is -2.41. The topological polar surface area (TPSA) is 90.9 Å².